The molecule has 8 nitrogen and oxygen atoms in total. The highest BCUT2D eigenvalue weighted by molar-refractivity contribution is 5.98. The Labute approximate surface area is 217 Å². The summed E-state index contributed by atoms with van der Waals surface area (Å²) < 4.78 is 29.2. The highest BCUT2D eigenvalue weighted by atomic mass is 19.1. The topological polar surface area (TPSA) is 107 Å². The van der Waals surface area contributed by atoms with E-state index in [1.807, 2.05) is 28.9 Å². The first-order chi connectivity index (χ1) is 18.4. The average molecular weight is 517 g/mol. The molecule has 2 aromatic carbocycles. The molecule has 0 spiro atoms. The summed E-state index contributed by atoms with van der Waals surface area (Å²) >= 11 is 0. The van der Waals surface area contributed by atoms with Gasteiger partial charge >= 0.3 is 0 Å². The maximum Gasteiger partial charge on any atom is 0.246 e. The Hall–Kier alpha value is -4.47. The van der Waals surface area contributed by atoms with Gasteiger partial charge in [-0.05, 0) is 49.1 Å². The van der Waals surface area contributed by atoms with Crippen LogP contribution in [0.4, 0.5) is 14.6 Å². The number of rotatable bonds is 7. The molecule has 1 aliphatic heterocycles. The zero-order valence-electron chi connectivity index (χ0n) is 20.6. The Balaban J connectivity index is 1.39. The quantitative estimate of drug-likeness (QED) is 0.286. The van der Waals surface area contributed by atoms with Gasteiger partial charge in [0.25, 0.3) is 0 Å². The standard InChI is InChI=1S/C28H26F2N6O2/c1-2-24(38)35-13-3-4-20(15-35)36-28-25(27(31)32-16-33-28)26(34-36)18-8-5-17(6-9-18)7-12-23(37)21-14-19(29)10-11-22(21)30/h2,5-6,8-11,14,16,20H,1,3-4,7,12-13,15H2,(H2,31,32,33)/t20-/m1/s1. The number of halogens is 2. The molecule has 0 unspecified atom stereocenters. The highest BCUT2D eigenvalue weighted by Gasteiger charge is 2.28. The van der Waals surface area contributed by atoms with Crippen molar-refractivity contribution in [2.24, 2.45) is 0 Å². The number of nitrogens with two attached hydrogens (primary N) is 1. The number of carbonyl (C=O) groups excluding carboxylic acids is 2. The van der Waals surface area contributed by atoms with Crippen LogP contribution in [0.3, 0.4) is 0 Å². The fraction of sp³-hybridized carbons (Fsp3) is 0.250. The molecular formula is C28H26F2N6O2. The monoisotopic (exact) mass is 516 g/mol. The van der Waals surface area contributed by atoms with Gasteiger partial charge in [-0.25, -0.2) is 23.4 Å². The fourth-order valence-corrected chi connectivity index (χ4v) is 4.87. The molecule has 0 saturated carbocycles. The van der Waals surface area contributed by atoms with E-state index in [-0.39, 0.29) is 23.9 Å². The summed E-state index contributed by atoms with van der Waals surface area (Å²) in [5, 5.41) is 5.49. The Morgan fingerprint density at radius 1 is 1.13 bits per heavy atom. The second kappa shape index (κ2) is 10.5. The molecule has 1 saturated heterocycles. The molecule has 1 atom stereocenters. The Morgan fingerprint density at radius 2 is 1.92 bits per heavy atom. The number of benzene rings is 2. The minimum atomic E-state index is -0.732. The molecule has 2 aromatic heterocycles. The average Bonchev–Trinajstić information content (AvgIpc) is 3.34. The molecule has 0 aliphatic carbocycles. The van der Waals surface area contributed by atoms with Crippen molar-refractivity contribution in [3.63, 3.8) is 0 Å². The van der Waals surface area contributed by atoms with Gasteiger partial charge in [-0.2, -0.15) is 5.10 Å². The smallest absolute Gasteiger partial charge is 0.246 e. The second-order valence-electron chi connectivity index (χ2n) is 9.28. The third-order valence-corrected chi connectivity index (χ3v) is 6.84. The molecular weight excluding hydrogens is 490 g/mol. The number of nitrogen functional groups attached to an aromatic ring is 1. The van der Waals surface area contributed by atoms with Crippen LogP contribution in [0.15, 0.2) is 61.4 Å². The van der Waals surface area contributed by atoms with Crippen molar-refractivity contribution in [3.8, 4) is 11.3 Å². The van der Waals surface area contributed by atoms with Crippen LogP contribution in [0.5, 0.6) is 0 Å². The predicted molar refractivity (Wildman–Crippen MR) is 139 cm³/mol. The van der Waals surface area contributed by atoms with Crippen molar-refractivity contribution in [3.05, 3.63) is 84.2 Å². The van der Waals surface area contributed by atoms with Crippen molar-refractivity contribution in [2.75, 3.05) is 18.8 Å². The zero-order chi connectivity index (χ0) is 26.8. The van der Waals surface area contributed by atoms with E-state index >= 15 is 0 Å². The van der Waals surface area contributed by atoms with Gasteiger partial charge in [0.1, 0.15) is 29.5 Å². The van der Waals surface area contributed by atoms with Crippen LogP contribution in [0.2, 0.25) is 0 Å². The van der Waals surface area contributed by atoms with Crippen molar-refractivity contribution >= 4 is 28.5 Å². The van der Waals surface area contributed by atoms with Gasteiger partial charge in [0.15, 0.2) is 11.4 Å². The first-order valence-corrected chi connectivity index (χ1v) is 12.3. The van der Waals surface area contributed by atoms with Gasteiger partial charge in [-0.15, -0.1) is 0 Å². The number of amides is 1. The van der Waals surface area contributed by atoms with E-state index in [0.29, 0.717) is 42.1 Å². The molecule has 1 fully saturated rings. The molecule has 5 rings (SSSR count). The molecule has 0 radical (unpaired) electrons. The van der Waals surface area contributed by atoms with Gasteiger partial charge in [-0.3, -0.25) is 9.59 Å². The second-order valence-corrected chi connectivity index (χ2v) is 9.28. The molecule has 38 heavy (non-hydrogen) atoms. The number of likely N-dealkylation sites (tertiary alicyclic amines) is 1. The van der Waals surface area contributed by atoms with E-state index in [0.717, 1.165) is 42.2 Å². The summed E-state index contributed by atoms with van der Waals surface area (Å²) in [6.45, 7) is 4.75. The van der Waals surface area contributed by atoms with Crippen LogP contribution in [0, 0.1) is 11.6 Å². The van der Waals surface area contributed by atoms with Crippen molar-refractivity contribution in [1.29, 1.82) is 0 Å². The minimum Gasteiger partial charge on any atom is -0.383 e. The normalized spacial score (nSPS) is 15.5. The number of carbonyl (C=O) groups is 2. The first kappa shape index (κ1) is 25.2. The van der Waals surface area contributed by atoms with Crippen LogP contribution in [0.25, 0.3) is 22.3 Å². The van der Waals surface area contributed by atoms with Gasteiger partial charge < -0.3 is 10.6 Å². The third kappa shape index (κ3) is 4.89. The van der Waals surface area contributed by atoms with E-state index < -0.39 is 17.4 Å². The Kier molecular flexibility index (Phi) is 6.95. The van der Waals surface area contributed by atoms with E-state index in [1.54, 1.807) is 4.90 Å². The number of Topliss-reactive ketones (excluding diaryl/α,β-unsaturated/α-hetero) is 1. The molecule has 1 amide bonds. The lowest BCUT2D eigenvalue weighted by molar-refractivity contribution is -0.127. The van der Waals surface area contributed by atoms with Crippen molar-refractivity contribution in [1.82, 2.24) is 24.6 Å². The number of hydrogen-bond donors (Lipinski definition) is 1. The summed E-state index contributed by atoms with van der Waals surface area (Å²) in [5.41, 5.74) is 8.86. The summed E-state index contributed by atoms with van der Waals surface area (Å²) in [6.07, 6.45) is 4.79. The summed E-state index contributed by atoms with van der Waals surface area (Å²) in [5.74, 6) is -1.66. The number of piperidine rings is 1. The summed E-state index contributed by atoms with van der Waals surface area (Å²) in [4.78, 5) is 35.0. The van der Waals surface area contributed by atoms with Crippen LogP contribution in [0.1, 0.15) is 41.2 Å². The maximum atomic E-state index is 13.9. The van der Waals surface area contributed by atoms with Crippen LogP contribution in [-0.2, 0) is 11.2 Å². The lowest BCUT2D eigenvalue weighted by Gasteiger charge is -2.32. The number of hydrogen-bond acceptors (Lipinski definition) is 6. The Morgan fingerprint density at radius 3 is 2.68 bits per heavy atom. The van der Waals surface area contributed by atoms with E-state index in [2.05, 4.69) is 16.5 Å². The number of nitrogens with zero attached hydrogens (tertiary/aromatic N) is 5. The first-order valence-electron chi connectivity index (χ1n) is 12.3. The lowest BCUT2D eigenvalue weighted by atomic mass is 10.0. The molecule has 3 heterocycles. The maximum absolute atomic E-state index is 13.9. The summed E-state index contributed by atoms with van der Waals surface area (Å²) in [7, 11) is 0. The molecule has 4 aromatic rings. The van der Waals surface area contributed by atoms with Gasteiger partial charge in [0.2, 0.25) is 5.91 Å². The summed E-state index contributed by atoms with van der Waals surface area (Å²) in [6, 6.07) is 10.3. The highest BCUT2D eigenvalue weighted by Crippen LogP contribution is 2.34. The fourth-order valence-electron chi connectivity index (χ4n) is 4.87. The molecule has 10 heteroatoms. The largest absolute Gasteiger partial charge is 0.383 e. The number of aryl methyl sites for hydroxylation is 1. The van der Waals surface area contributed by atoms with Crippen LogP contribution in [-0.4, -0.2) is 49.4 Å². The molecule has 194 valence electrons. The zero-order valence-corrected chi connectivity index (χ0v) is 20.6. The SMILES string of the molecule is C=CC(=O)N1CCC[C@@H](n2nc(-c3ccc(CCC(=O)c4cc(F)ccc4F)cc3)c3c(N)ncnc32)C1. The predicted octanol–water partition coefficient (Wildman–Crippen LogP) is 4.52. The van der Waals surface area contributed by atoms with Crippen LogP contribution >= 0.6 is 0 Å². The molecule has 1 aliphatic rings. The molecule has 2 N–H and O–H groups in total. The van der Waals surface area contributed by atoms with E-state index in [4.69, 9.17) is 10.8 Å². The van der Waals surface area contributed by atoms with Crippen LogP contribution < -0.4 is 5.73 Å². The van der Waals surface area contributed by atoms with Gasteiger partial charge in [0, 0.05) is 25.1 Å². The number of fused-ring (bicyclic) bond motifs is 1. The third-order valence-electron chi connectivity index (χ3n) is 6.84. The number of anilines is 1. The van der Waals surface area contributed by atoms with E-state index in [1.165, 1.54) is 12.4 Å². The lowest BCUT2D eigenvalue weighted by Crippen LogP contribution is -2.40. The van der Waals surface area contributed by atoms with E-state index in [9.17, 15) is 18.4 Å². The van der Waals surface area contributed by atoms with Gasteiger partial charge in [0.05, 0.1) is 17.0 Å². The minimum absolute atomic E-state index is 0.0413. The molecule has 0 bridgehead atoms. The van der Waals surface area contributed by atoms with Crippen molar-refractivity contribution in [2.45, 2.75) is 31.7 Å². The number of aromatic nitrogens is 4. The van der Waals surface area contributed by atoms with Gasteiger partial charge in [-0.1, -0.05) is 30.8 Å². The number of ketones is 1. The Bertz CT molecular complexity index is 1530. The van der Waals surface area contributed by atoms with Crippen molar-refractivity contribution < 1.29 is 18.4 Å².